The van der Waals surface area contributed by atoms with E-state index >= 15 is 0 Å². The first kappa shape index (κ1) is 16.2. The predicted molar refractivity (Wildman–Crippen MR) is 79.0 cm³/mol. The van der Waals surface area contributed by atoms with Crippen molar-refractivity contribution in [1.82, 2.24) is 4.90 Å². The SMILES string of the molecule is C=C(/C=C(\C=C/C)OC)/C(C)=N/N=C(C)N(C)C. The van der Waals surface area contributed by atoms with Crippen LogP contribution in [0.4, 0.5) is 0 Å². The van der Waals surface area contributed by atoms with Gasteiger partial charge in [0.1, 0.15) is 11.6 Å². The summed E-state index contributed by atoms with van der Waals surface area (Å²) in [5.74, 6) is 1.58. The van der Waals surface area contributed by atoms with Crippen molar-refractivity contribution in [3.05, 3.63) is 36.1 Å². The first-order valence-electron chi connectivity index (χ1n) is 5.76. The predicted octanol–water partition coefficient (Wildman–Crippen LogP) is 3.00. The minimum Gasteiger partial charge on any atom is -0.497 e. The van der Waals surface area contributed by atoms with Gasteiger partial charge in [0, 0.05) is 14.1 Å². The van der Waals surface area contributed by atoms with Crippen LogP contribution in [0, 0.1) is 0 Å². The van der Waals surface area contributed by atoms with Crippen LogP contribution in [0.25, 0.3) is 0 Å². The fourth-order valence-corrected chi connectivity index (χ4v) is 0.917. The summed E-state index contributed by atoms with van der Waals surface area (Å²) in [5, 5.41) is 8.24. The Morgan fingerprint density at radius 2 is 1.83 bits per heavy atom. The zero-order valence-corrected chi connectivity index (χ0v) is 12.2. The average Bonchev–Trinajstić information content (AvgIpc) is 2.34. The smallest absolute Gasteiger partial charge is 0.123 e. The molecule has 4 nitrogen and oxygen atoms in total. The molecule has 0 aromatic heterocycles. The number of amidine groups is 1. The lowest BCUT2D eigenvalue weighted by Crippen LogP contribution is -2.17. The van der Waals surface area contributed by atoms with Gasteiger partial charge in [-0.05, 0) is 38.5 Å². The minimum absolute atomic E-state index is 0.741. The van der Waals surface area contributed by atoms with Crippen LogP contribution < -0.4 is 0 Å². The molecule has 0 fully saturated rings. The van der Waals surface area contributed by atoms with Crippen molar-refractivity contribution in [2.75, 3.05) is 21.2 Å². The molecule has 0 spiro atoms. The van der Waals surface area contributed by atoms with Gasteiger partial charge in [0.25, 0.3) is 0 Å². The molecular weight excluding hydrogens is 226 g/mol. The zero-order chi connectivity index (χ0) is 14.1. The highest BCUT2D eigenvalue weighted by Gasteiger charge is 1.98. The number of allylic oxidation sites excluding steroid dienone is 4. The molecule has 0 aliphatic rings. The van der Waals surface area contributed by atoms with E-state index in [2.05, 4.69) is 16.8 Å². The van der Waals surface area contributed by atoms with Gasteiger partial charge in [-0.25, -0.2) is 0 Å². The third-order valence-corrected chi connectivity index (χ3v) is 2.34. The summed E-state index contributed by atoms with van der Waals surface area (Å²) in [6.07, 6.45) is 5.61. The maximum atomic E-state index is 5.19. The van der Waals surface area contributed by atoms with Crippen LogP contribution in [0.3, 0.4) is 0 Å². The van der Waals surface area contributed by atoms with Gasteiger partial charge in [-0.1, -0.05) is 12.7 Å². The summed E-state index contributed by atoms with van der Waals surface area (Å²) in [6, 6.07) is 0. The van der Waals surface area contributed by atoms with Crippen LogP contribution in [-0.2, 0) is 4.74 Å². The van der Waals surface area contributed by atoms with Crippen molar-refractivity contribution >= 4 is 11.5 Å². The van der Waals surface area contributed by atoms with Gasteiger partial charge in [-0.2, -0.15) is 5.10 Å². The van der Waals surface area contributed by atoms with Crippen LogP contribution >= 0.6 is 0 Å². The molecule has 0 saturated carbocycles. The van der Waals surface area contributed by atoms with E-state index in [9.17, 15) is 0 Å². The van der Waals surface area contributed by atoms with Gasteiger partial charge in [0.15, 0.2) is 0 Å². The zero-order valence-electron chi connectivity index (χ0n) is 12.2. The monoisotopic (exact) mass is 249 g/mol. The Labute approximate surface area is 110 Å². The van der Waals surface area contributed by atoms with Crippen molar-refractivity contribution in [3.63, 3.8) is 0 Å². The van der Waals surface area contributed by atoms with Crippen LogP contribution in [0.15, 0.2) is 46.3 Å². The van der Waals surface area contributed by atoms with Crippen molar-refractivity contribution in [3.8, 4) is 0 Å². The molecule has 0 aromatic rings. The average molecular weight is 249 g/mol. The van der Waals surface area contributed by atoms with Crippen LogP contribution in [0.5, 0.6) is 0 Å². The Kier molecular flexibility index (Phi) is 7.43. The summed E-state index contributed by atoms with van der Waals surface area (Å²) >= 11 is 0. The number of rotatable bonds is 5. The van der Waals surface area contributed by atoms with Gasteiger partial charge < -0.3 is 9.64 Å². The van der Waals surface area contributed by atoms with Gasteiger partial charge in [0.05, 0.1) is 12.8 Å². The van der Waals surface area contributed by atoms with E-state index in [4.69, 9.17) is 4.74 Å². The van der Waals surface area contributed by atoms with E-state index in [1.807, 2.05) is 58.0 Å². The van der Waals surface area contributed by atoms with Crippen molar-refractivity contribution in [1.29, 1.82) is 0 Å². The van der Waals surface area contributed by atoms with Crippen LogP contribution in [0.1, 0.15) is 20.8 Å². The minimum atomic E-state index is 0.741. The van der Waals surface area contributed by atoms with Gasteiger partial charge in [-0.3, -0.25) is 0 Å². The molecule has 0 amide bonds. The molecule has 100 valence electrons. The van der Waals surface area contributed by atoms with Crippen molar-refractivity contribution < 1.29 is 4.74 Å². The molecular formula is C14H23N3O. The second kappa shape index (κ2) is 8.28. The summed E-state index contributed by atoms with van der Waals surface area (Å²) < 4.78 is 5.19. The molecule has 0 aromatic carbocycles. The van der Waals surface area contributed by atoms with Crippen molar-refractivity contribution in [2.45, 2.75) is 20.8 Å². The molecule has 0 radical (unpaired) electrons. The molecule has 4 heteroatoms. The first-order valence-corrected chi connectivity index (χ1v) is 5.76. The summed E-state index contributed by atoms with van der Waals surface area (Å²) in [7, 11) is 5.47. The number of nitrogens with zero attached hydrogens (tertiary/aromatic N) is 3. The van der Waals surface area contributed by atoms with Crippen LogP contribution in [0.2, 0.25) is 0 Å². The number of ether oxygens (including phenoxy) is 1. The molecule has 0 aliphatic carbocycles. The Balaban J connectivity index is 4.90. The van der Waals surface area contributed by atoms with Crippen molar-refractivity contribution in [2.24, 2.45) is 10.2 Å². The molecule has 0 N–H and O–H groups in total. The van der Waals surface area contributed by atoms with Gasteiger partial charge in [0.2, 0.25) is 0 Å². The highest BCUT2D eigenvalue weighted by atomic mass is 16.5. The molecule has 0 atom stereocenters. The Morgan fingerprint density at radius 3 is 2.28 bits per heavy atom. The van der Waals surface area contributed by atoms with E-state index in [1.54, 1.807) is 7.11 Å². The third kappa shape index (κ3) is 6.03. The summed E-state index contributed by atoms with van der Waals surface area (Å²) in [5.41, 5.74) is 1.54. The Bertz CT molecular complexity index is 401. The third-order valence-electron chi connectivity index (χ3n) is 2.34. The maximum absolute atomic E-state index is 5.19. The number of methoxy groups -OCH3 is 1. The summed E-state index contributed by atoms with van der Waals surface area (Å²) in [4.78, 5) is 1.90. The Morgan fingerprint density at radius 1 is 1.22 bits per heavy atom. The lowest BCUT2D eigenvalue weighted by atomic mass is 10.2. The fourth-order valence-electron chi connectivity index (χ4n) is 0.917. The molecule has 0 rings (SSSR count). The molecule has 0 heterocycles. The quantitative estimate of drug-likeness (QED) is 0.247. The molecule has 18 heavy (non-hydrogen) atoms. The van der Waals surface area contributed by atoms with Gasteiger partial charge >= 0.3 is 0 Å². The highest BCUT2D eigenvalue weighted by Crippen LogP contribution is 2.06. The Hall–Kier alpha value is -1.84. The molecule has 0 aliphatic heterocycles. The number of hydrogen-bond acceptors (Lipinski definition) is 3. The summed E-state index contributed by atoms with van der Waals surface area (Å²) in [6.45, 7) is 9.64. The number of hydrogen-bond donors (Lipinski definition) is 0. The molecule has 0 bridgehead atoms. The maximum Gasteiger partial charge on any atom is 0.123 e. The molecule has 0 unspecified atom stereocenters. The van der Waals surface area contributed by atoms with E-state index in [-0.39, 0.29) is 0 Å². The lowest BCUT2D eigenvalue weighted by Gasteiger charge is -2.09. The first-order chi connectivity index (χ1) is 8.42. The van der Waals surface area contributed by atoms with E-state index in [0.717, 1.165) is 22.9 Å². The van der Waals surface area contributed by atoms with Gasteiger partial charge in [-0.15, -0.1) is 5.10 Å². The normalized spacial score (nSPS) is 14.0. The molecule has 0 saturated heterocycles. The highest BCUT2D eigenvalue weighted by molar-refractivity contribution is 6.00. The lowest BCUT2D eigenvalue weighted by molar-refractivity contribution is 0.306. The van der Waals surface area contributed by atoms with E-state index in [1.165, 1.54) is 0 Å². The topological polar surface area (TPSA) is 37.2 Å². The van der Waals surface area contributed by atoms with E-state index in [0.29, 0.717) is 0 Å². The second-order valence-electron chi connectivity index (χ2n) is 4.00. The largest absolute Gasteiger partial charge is 0.497 e. The van der Waals surface area contributed by atoms with Crippen LogP contribution in [-0.4, -0.2) is 37.7 Å². The fraction of sp³-hybridized carbons (Fsp3) is 0.429. The second-order valence-corrected chi connectivity index (χ2v) is 4.00. The van der Waals surface area contributed by atoms with E-state index < -0.39 is 0 Å². The standard InChI is InChI=1S/C14H23N3O/c1-8-9-14(18-7)10-11(2)12(3)15-16-13(4)17(5)6/h8-10H,2H2,1,3-7H3/b9-8-,14-10+,15-12+,16-13?.